The molecule has 1 heterocycles. The van der Waals surface area contributed by atoms with E-state index in [1.54, 1.807) is 24.5 Å². The van der Waals surface area contributed by atoms with Gasteiger partial charge in [-0.05, 0) is 57.0 Å². The van der Waals surface area contributed by atoms with Gasteiger partial charge in [-0.1, -0.05) is 12.1 Å². The molecular weight excluding hydrogens is 358 g/mol. The van der Waals surface area contributed by atoms with Gasteiger partial charge in [0.25, 0.3) is 0 Å². The van der Waals surface area contributed by atoms with Crippen molar-refractivity contribution in [1.29, 1.82) is 0 Å². The first-order valence-electron chi connectivity index (χ1n) is 9.26. The number of rotatable bonds is 8. The van der Waals surface area contributed by atoms with Crippen molar-refractivity contribution in [3.63, 3.8) is 0 Å². The number of ether oxygens (including phenoxy) is 2. The number of carbonyl (C=O) groups excluding carboxylic acids is 1. The van der Waals surface area contributed by atoms with Crippen LogP contribution in [-0.2, 0) is 11.2 Å². The summed E-state index contributed by atoms with van der Waals surface area (Å²) in [5, 5.41) is 10.4. The summed E-state index contributed by atoms with van der Waals surface area (Å²) in [5.41, 5.74) is 6.83. The highest BCUT2D eigenvalue weighted by Crippen LogP contribution is 2.13. The van der Waals surface area contributed by atoms with E-state index >= 15 is 0 Å². The molecule has 1 aromatic carbocycles. The summed E-state index contributed by atoms with van der Waals surface area (Å²) >= 11 is 0. The Kier molecular flexibility index (Phi) is 7.63. The zero-order valence-electron chi connectivity index (χ0n) is 16.7. The van der Waals surface area contributed by atoms with Gasteiger partial charge in [0.2, 0.25) is 0 Å². The molecule has 0 fully saturated rings. The molecule has 0 saturated heterocycles. The molecule has 1 aromatic heterocycles. The van der Waals surface area contributed by atoms with E-state index in [2.05, 4.69) is 4.98 Å². The second kappa shape index (κ2) is 9.94. The third kappa shape index (κ3) is 7.84. The summed E-state index contributed by atoms with van der Waals surface area (Å²) in [6.07, 6.45) is 2.50. The number of anilines is 1. The van der Waals surface area contributed by atoms with Gasteiger partial charge in [0.15, 0.2) is 0 Å². The number of aromatic nitrogens is 1. The van der Waals surface area contributed by atoms with Crippen molar-refractivity contribution in [3.8, 4) is 5.75 Å². The molecule has 1 atom stereocenters. The van der Waals surface area contributed by atoms with E-state index in [0.717, 1.165) is 5.56 Å². The Hall–Kier alpha value is -2.80. The van der Waals surface area contributed by atoms with Crippen LogP contribution in [0.25, 0.3) is 0 Å². The van der Waals surface area contributed by atoms with Crippen LogP contribution in [0.2, 0.25) is 0 Å². The van der Waals surface area contributed by atoms with Crippen LogP contribution in [0, 0.1) is 0 Å². The third-order valence-corrected chi connectivity index (χ3v) is 3.81. The normalized spacial score (nSPS) is 12.3. The van der Waals surface area contributed by atoms with Crippen molar-refractivity contribution in [2.45, 2.75) is 38.9 Å². The molecule has 152 valence electrons. The highest BCUT2D eigenvalue weighted by Gasteiger charge is 2.24. The van der Waals surface area contributed by atoms with Crippen molar-refractivity contribution in [1.82, 2.24) is 9.88 Å². The maximum atomic E-state index is 12.6. The monoisotopic (exact) mass is 387 g/mol. The minimum Gasteiger partial charge on any atom is -0.489 e. The zero-order chi connectivity index (χ0) is 20.6. The van der Waals surface area contributed by atoms with Crippen molar-refractivity contribution in [2.24, 2.45) is 0 Å². The molecule has 7 heteroatoms. The average molecular weight is 387 g/mol. The molecule has 1 amide bonds. The standard InChI is InChI=1S/C21H29N3O4/c1-21(2,3)28-20(26)24(12-10-16-6-8-17(22)9-7-16)14-18(25)15-27-19-5-4-11-23-13-19/h4-9,11,13,18,25H,10,12,14-15,22H2,1-3H3/t18-/m0/s1. The first kappa shape index (κ1) is 21.5. The topological polar surface area (TPSA) is 97.9 Å². The molecule has 0 bridgehead atoms. The number of nitrogens with two attached hydrogens (primary N) is 1. The fraction of sp³-hybridized carbons (Fsp3) is 0.429. The maximum Gasteiger partial charge on any atom is 0.410 e. The first-order valence-corrected chi connectivity index (χ1v) is 9.26. The smallest absolute Gasteiger partial charge is 0.410 e. The summed E-state index contributed by atoms with van der Waals surface area (Å²) in [6.45, 7) is 5.99. The minimum atomic E-state index is -0.862. The molecule has 2 aromatic rings. The Morgan fingerprint density at radius 3 is 2.57 bits per heavy atom. The van der Waals surface area contributed by atoms with Gasteiger partial charge in [0.05, 0.1) is 12.7 Å². The molecule has 3 N–H and O–H groups in total. The van der Waals surface area contributed by atoms with Gasteiger partial charge in [-0.15, -0.1) is 0 Å². The third-order valence-electron chi connectivity index (χ3n) is 3.81. The molecule has 28 heavy (non-hydrogen) atoms. The lowest BCUT2D eigenvalue weighted by Crippen LogP contribution is -2.43. The number of nitrogens with zero attached hydrogens (tertiary/aromatic N) is 2. The number of nitrogen functional groups attached to an aromatic ring is 1. The van der Waals surface area contributed by atoms with Gasteiger partial charge < -0.3 is 25.2 Å². The molecule has 7 nitrogen and oxygen atoms in total. The van der Waals surface area contributed by atoms with Crippen LogP contribution < -0.4 is 10.5 Å². The molecular formula is C21H29N3O4. The Morgan fingerprint density at radius 2 is 1.96 bits per heavy atom. The van der Waals surface area contributed by atoms with Gasteiger partial charge >= 0.3 is 6.09 Å². The van der Waals surface area contributed by atoms with Crippen LogP contribution in [0.1, 0.15) is 26.3 Å². The second-order valence-corrected chi connectivity index (χ2v) is 7.57. The number of aliphatic hydroxyl groups is 1. The Bertz CT molecular complexity index is 730. The highest BCUT2D eigenvalue weighted by molar-refractivity contribution is 5.68. The predicted molar refractivity (Wildman–Crippen MR) is 108 cm³/mol. The lowest BCUT2D eigenvalue weighted by atomic mass is 10.1. The van der Waals surface area contributed by atoms with Crippen LogP contribution in [-0.4, -0.2) is 52.5 Å². The van der Waals surface area contributed by atoms with Crippen LogP contribution >= 0.6 is 0 Å². The van der Waals surface area contributed by atoms with Crippen LogP contribution in [0.4, 0.5) is 10.5 Å². The molecule has 0 spiro atoms. The van der Waals surface area contributed by atoms with Gasteiger partial charge in [-0.3, -0.25) is 4.98 Å². The lowest BCUT2D eigenvalue weighted by molar-refractivity contribution is 0.00943. The van der Waals surface area contributed by atoms with E-state index < -0.39 is 17.8 Å². The van der Waals surface area contributed by atoms with E-state index in [1.807, 2.05) is 45.0 Å². The number of benzene rings is 1. The van der Waals surface area contributed by atoms with Crippen molar-refractivity contribution in [2.75, 3.05) is 25.4 Å². The van der Waals surface area contributed by atoms with Crippen LogP contribution in [0.15, 0.2) is 48.8 Å². The van der Waals surface area contributed by atoms with E-state index in [4.69, 9.17) is 15.2 Å². The molecule has 0 aliphatic heterocycles. The van der Waals surface area contributed by atoms with Crippen LogP contribution in [0.5, 0.6) is 5.75 Å². The summed E-state index contributed by atoms with van der Waals surface area (Å²) in [5.74, 6) is 0.562. The summed E-state index contributed by atoms with van der Waals surface area (Å²) in [6, 6.07) is 11.0. The summed E-state index contributed by atoms with van der Waals surface area (Å²) in [7, 11) is 0. The van der Waals surface area contributed by atoms with E-state index in [9.17, 15) is 9.90 Å². The van der Waals surface area contributed by atoms with E-state index in [-0.39, 0.29) is 13.2 Å². The number of pyridine rings is 1. The van der Waals surface area contributed by atoms with Crippen molar-refractivity contribution >= 4 is 11.8 Å². The van der Waals surface area contributed by atoms with Crippen molar-refractivity contribution < 1.29 is 19.4 Å². The predicted octanol–water partition coefficient (Wildman–Crippen LogP) is 2.88. The maximum absolute atomic E-state index is 12.6. The first-order chi connectivity index (χ1) is 13.2. The zero-order valence-corrected chi connectivity index (χ0v) is 16.7. The average Bonchev–Trinajstić information content (AvgIpc) is 2.64. The summed E-state index contributed by atoms with van der Waals surface area (Å²) in [4.78, 5) is 18.0. The number of aliphatic hydroxyl groups excluding tert-OH is 1. The van der Waals surface area contributed by atoms with Crippen molar-refractivity contribution in [3.05, 3.63) is 54.4 Å². The van der Waals surface area contributed by atoms with Crippen LogP contribution in [0.3, 0.4) is 0 Å². The van der Waals surface area contributed by atoms with E-state index in [1.165, 1.54) is 4.90 Å². The highest BCUT2D eigenvalue weighted by atomic mass is 16.6. The van der Waals surface area contributed by atoms with Gasteiger partial charge in [-0.2, -0.15) is 0 Å². The van der Waals surface area contributed by atoms with Gasteiger partial charge in [0, 0.05) is 18.4 Å². The summed E-state index contributed by atoms with van der Waals surface area (Å²) < 4.78 is 11.0. The number of carbonyl (C=O) groups is 1. The Balaban J connectivity index is 1.95. The lowest BCUT2D eigenvalue weighted by Gasteiger charge is -2.29. The fourth-order valence-electron chi connectivity index (χ4n) is 2.46. The largest absolute Gasteiger partial charge is 0.489 e. The second-order valence-electron chi connectivity index (χ2n) is 7.57. The van der Waals surface area contributed by atoms with E-state index in [0.29, 0.717) is 24.4 Å². The quantitative estimate of drug-likeness (QED) is 0.676. The molecule has 0 aliphatic carbocycles. The number of amides is 1. The fourth-order valence-corrected chi connectivity index (χ4v) is 2.46. The number of hydrogen-bond donors (Lipinski definition) is 2. The van der Waals surface area contributed by atoms with Gasteiger partial charge in [0.1, 0.15) is 24.1 Å². The Labute approximate surface area is 166 Å². The molecule has 0 aliphatic rings. The van der Waals surface area contributed by atoms with Gasteiger partial charge in [-0.25, -0.2) is 4.79 Å². The molecule has 0 radical (unpaired) electrons. The Morgan fingerprint density at radius 1 is 1.25 bits per heavy atom. The SMILES string of the molecule is CC(C)(C)OC(=O)N(CCc1ccc(N)cc1)C[C@H](O)COc1cccnc1. The minimum absolute atomic E-state index is 0.0485. The molecule has 0 unspecified atom stereocenters. The number of hydrogen-bond acceptors (Lipinski definition) is 6. The molecule has 0 saturated carbocycles. The molecule has 2 rings (SSSR count).